The lowest BCUT2D eigenvalue weighted by Gasteiger charge is -2.24. The number of para-hydroxylation sites is 1. The molecule has 0 unspecified atom stereocenters. The van der Waals surface area contributed by atoms with Crippen molar-refractivity contribution in [2.45, 2.75) is 25.3 Å². The van der Waals surface area contributed by atoms with E-state index < -0.39 is 0 Å². The van der Waals surface area contributed by atoms with Gasteiger partial charge in [0.05, 0.1) is 0 Å². The minimum absolute atomic E-state index is 0.547. The molecule has 16 heavy (non-hydrogen) atoms. The van der Waals surface area contributed by atoms with Crippen molar-refractivity contribution in [2.24, 2.45) is 7.05 Å². The van der Waals surface area contributed by atoms with E-state index in [1.54, 1.807) is 0 Å². The van der Waals surface area contributed by atoms with Crippen LogP contribution in [0.1, 0.15) is 31.0 Å². The smallest absolute Gasteiger partial charge is 0.0480 e. The first-order valence-corrected chi connectivity index (χ1v) is 6.14. The summed E-state index contributed by atoms with van der Waals surface area (Å²) in [6.45, 7) is 1.16. The van der Waals surface area contributed by atoms with Crippen molar-refractivity contribution < 1.29 is 0 Å². The molecule has 1 aromatic carbocycles. The number of aromatic nitrogens is 1. The van der Waals surface area contributed by atoms with Crippen LogP contribution in [0.15, 0.2) is 30.3 Å². The molecule has 1 aliphatic heterocycles. The number of piperidine rings is 1. The third-order valence-electron chi connectivity index (χ3n) is 3.66. The minimum Gasteiger partial charge on any atom is -0.346 e. The summed E-state index contributed by atoms with van der Waals surface area (Å²) in [5.74, 6) is 0. The van der Waals surface area contributed by atoms with Gasteiger partial charge in [-0.1, -0.05) is 24.6 Å². The van der Waals surface area contributed by atoms with Crippen LogP contribution >= 0.6 is 0 Å². The Morgan fingerprint density at radius 3 is 2.88 bits per heavy atom. The maximum absolute atomic E-state index is 3.62. The number of rotatable bonds is 1. The Morgan fingerprint density at radius 2 is 2.12 bits per heavy atom. The Bertz CT molecular complexity index is 492. The zero-order valence-corrected chi connectivity index (χ0v) is 9.74. The van der Waals surface area contributed by atoms with Crippen LogP contribution in [0.5, 0.6) is 0 Å². The first kappa shape index (κ1) is 9.91. The number of hydrogen-bond donors (Lipinski definition) is 1. The topological polar surface area (TPSA) is 17.0 Å². The van der Waals surface area contributed by atoms with Crippen molar-refractivity contribution in [3.05, 3.63) is 36.0 Å². The Kier molecular flexibility index (Phi) is 2.44. The lowest BCUT2D eigenvalue weighted by Crippen LogP contribution is -2.28. The molecule has 2 heteroatoms. The van der Waals surface area contributed by atoms with E-state index >= 15 is 0 Å². The summed E-state index contributed by atoms with van der Waals surface area (Å²) in [5, 5.41) is 4.97. The molecule has 84 valence electrons. The SMILES string of the molecule is Cn1c([C@@H]2CCCCN2)cc2ccccc21. The third-order valence-corrected chi connectivity index (χ3v) is 3.66. The van der Waals surface area contributed by atoms with Crippen LogP contribution in [0.25, 0.3) is 10.9 Å². The van der Waals surface area contributed by atoms with Gasteiger partial charge in [-0.05, 0) is 36.9 Å². The molecule has 1 N–H and O–H groups in total. The summed E-state index contributed by atoms with van der Waals surface area (Å²) in [4.78, 5) is 0. The van der Waals surface area contributed by atoms with Gasteiger partial charge in [-0.15, -0.1) is 0 Å². The van der Waals surface area contributed by atoms with Gasteiger partial charge in [0.15, 0.2) is 0 Å². The lowest BCUT2D eigenvalue weighted by atomic mass is 10.0. The van der Waals surface area contributed by atoms with Gasteiger partial charge in [-0.2, -0.15) is 0 Å². The average Bonchev–Trinajstić information content (AvgIpc) is 2.69. The molecule has 0 aliphatic carbocycles. The van der Waals surface area contributed by atoms with Crippen molar-refractivity contribution >= 4 is 10.9 Å². The molecule has 2 aromatic rings. The predicted octanol–water partition coefficient (Wildman–Crippen LogP) is 2.99. The highest BCUT2D eigenvalue weighted by Crippen LogP contribution is 2.27. The van der Waals surface area contributed by atoms with E-state index in [2.05, 4.69) is 47.3 Å². The molecule has 2 nitrogen and oxygen atoms in total. The fourth-order valence-electron chi connectivity index (χ4n) is 2.75. The summed E-state index contributed by atoms with van der Waals surface area (Å²) < 4.78 is 2.33. The lowest BCUT2D eigenvalue weighted by molar-refractivity contribution is 0.399. The second-order valence-corrected chi connectivity index (χ2v) is 4.69. The summed E-state index contributed by atoms with van der Waals surface area (Å²) in [6.07, 6.45) is 3.93. The Morgan fingerprint density at radius 1 is 1.25 bits per heavy atom. The summed E-state index contributed by atoms with van der Waals surface area (Å²) in [7, 11) is 2.17. The normalized spacial score (nSPS) is 21.4. The van der Waals surface area contributed by atoms with Crippen LogP contribution < -0.4 is 5.32 Å². The molecule has 0 amide bonds. The van der Waals surface area contributed by atoms with Gasteiger partial charge in [0.2, 0.25) is 0 Å². The zero-order valence-electron chi connectivity index (χ0n) is 9.74. The number of aryl methyl sites for hydroxylation is 1. The standard InChI is InChI=1S/C14H18N2/c1-16-13-8-3-2-6-11(13)10-14(16)12-7-4-5-9-15-12/h2-3,6,8,10,12,15H,4-5,7,9H2,1H3/t12-/m0/s1. The van der Waals surface area contributed by atoms with E-state index in [0.717, 1.165) is 6.54 Å². The molecule has 1 saturated heterocycles. The predicted molar refractivity (Wildman–Crippen MR) is 67.5 cm³/mol. The number of fused-ring (bicyclic) bond motifs is 1. The van der Waals surface area contributed by atoms with Gasteiger partial charge >= 0.3 is 0 Å². The van der Waals surface area contributed by atoms with E-state index in [1.807, 2.05) is 0 Å². The van der Waals surface area contributed by atoms with E-state index in [4.69, 9.17) is 0 Å². The molecular formula is C14H18N2. The van der Waals surface area contributed by atoms with E-state index in [9.17, 15) is 0 Å². The molecule has 3 rings (SSSR count). The Balaban J connectivity index is 2.05. The second-order valence-electron chi connectivity index (χ2n) is 4.69. The molecule has 1 aromatic heterocycles. The van der Waals surface area contributed by atoms with Gasteiger partial charge in [0, 0.05) is 24.3 Å². The fraction of sp³-hybridized carbons (Fsp3) is 0.429. The quantitative estimate of drug-likeness (QED) is 0.772. The van der Waals surface area contributed by atoms with Gasteiger partial charge in [0.1, 0.15) is 0 Å². The molecular weight excluding hydrogens is 196 g/mol. The van der Waals surface area contributed by atoms with Crippen molar-refractivity contribution in [1.29, 1.82) is 0 Å². The largest absolute Gasteiger partial charge is 0.346 e. The third kappa shape index (κ3) is 1.54. The fourth-order valence-corrected chi connectivity index (χ4v) is 2.75. The van der Waals surface area contributed by atoms with Gasteiger partial charge in [-0.25, -0.2) is 0 Å². The average molecular weight is 214 g/mol. The van der Waals surface area contributed by atoms with Gasteiger partial charge < -0.3 is 9.88 Å². The van der Waals surface area contributed by atoms with Crippen molar-refractivity contribution in [3.8, 4) is 0 Å². The van der Waals surface area contributed by atoms with Gasteiger partial charge in [0.25, 0.3) is 0 Å². The summed E-state index contributed by atoms with van der Waals surface area (Å²) in [5.41, 5.74) is 2.77. The van der Waals surface area contributed by atoms with Crippen molar-refractivity contribution in [2.75, 3.05) is 6.54 Å². The highest BCUT2D eigenvalue weighted by molar-refractivity contribution is 5.81. The zero-order chi connectivity index (χ0) is 11.0. The van der Waals surface area contributed by atoms with E-state index in [-0.39, 0.29) is 0 Å². The van der Waals surface area contributed by atoms with Crippen LogP contribution in [-0.2, 0) is 7.05 Å². The Labute approximate surface area is 96.3 Å². The maximum atomic E-state index is 3.62. The maximum Gasteiger partial charge on any atom is 0.0480 e. The summed E-state index contributed by atoms with van der Waals surface area (Å²) in [6, 6.07) is 11.5. The molecule has 0 radical (unpaired) electrons. The number of hydrogen-bond acceptors (Lipinski definition) is 1. The highest BCUT2D eigenvalue weighted by Gasteiger charge is 2.18. The highest BCUT2D eigenvalue weighted by atomic mass is 15.0. The molecule has 1 fully saturated rings. The monoisotopic (exact) mass is 214 g/mol. The molecule has 0 saturated carbocycles. The van der Waals surface area contributed by atoms with Crippen molar-refractivity contribution in [1.82, 2.24) is 9.88 Å². The number of nitrogens with zero attached hydrogens (tertiary/aromatic N) is 1. The number of benzene rings is 1. The van der Waals surface area contributed by atoms with Crippen LogP contribution in [0, 0.1) is 0 Å². The van der Waals surface area contributed by atoms with Crippen LogP contribution in [0.4, 0.5) is 0 Å². The second kappa shape index (κ2) is 3.95. The van der Waals surface area contributed by atoms with E-state index in [1.165, 1.54) is 35.9 Å². The first-order chi connectivity index (χ1) is 7.86. The van der Waals surface area contributed by atoms with E-state index in [0.29, 0.717) is 6.04 Å². The van der Waals surface area contributed by atoms with Gasteiger partial charge in [-0.3, -0.25) is 0 Å². The Hall–Kier alpha value is -1.28. The molecule has 0 bridgehead atoms. The minimum atomic E-state index is 0.547. The first-order valence-electron chi connectivity index (χ1n) is 6.14. The molecule has 2 heterocycles. The van der Waals surface area contributed by atoms with Crippen LogP contribution in [0.3, 0.4) is 0 Å². The molecule has 0 spiro atoms. The number of nitrogens with one attached hydrogen (secondary N) is 1. The van der Waals surface area contributed by atoms with Crippen molar-refractivity contribution in [3.63, 3.8) is 0 Å². The molecule has 1 aliphatic rings. The molecule has 1 atom stereocenters. The summed E-state index contributed by atoms with van der Waals surface area (Å²) >= 11 is 0. The van der Waals surface area contributed by atoms with Crippen LogP contribution in [0.2, 0.25) is 0 Å². The van der Waals surface area contributed by atoms with Crippen LogP contribution in [-0.4, -0.2) is 11.1 Å².